The molecule has 0 aliphatic heterocycles. The SMILES string of the molecule is CCNC(=O)c1ccc(N)cc1Sc1ccc(C)c(C)c1. The molecule has 0 bridgehead atoms. The normalized spacial score (nSPS) is 10.4. The van der Waals surface area contributed by atoms with Gasteiger partial charge in [0.15, 0.2) is 0 Å². The molecular weight excluding hydrogens is 280 g/mol. The second kappa shape index (κ2) is 6.68. The fourth-order valence-electron chi connectivity index (χ4n) is 1.97. The Morgan fingerprint density at radius 2 is 1.90 bits per heavy atom. The quantitative estimate of drug-likeness (QED) is 0.845. The minimum Gasteiger partial charge on any atom is -0.399 e. The molecular formula is C17H20N2OS. The third-order valence-corrected chi connectivity index (χ3v) is 4.34. The number of rotatable bonds is 4. The Labute approximate surface area is 129 Å². The number of hydrogen-bond acceptors (Lipinski definition) is 3. The molecule has 0 heterocycles. The molecule has 0 fully saturated rings. The Morgan fingerprint density at radius 3 is 2.57 bits per heavy atom. The van der Waals surface area contributed by atoms with Crippen LogP contribution in [0, 0.1) is 13.8 Å². The number of amides is 1. The van der Waals surface area contributed by atoms with Crippen molar-refractivity contribution in [2.45, 2.75) is 30.6 Å². The minimum absolute atomic E-state index is 0.0659. The van der Waals surface area contributed by atoms with Gasteiger partial charge in [0, 0.05) is 22.0 Å². The second-order valence-electron chi connectivity index (χ2n) is 4.96. The van der Waals surface area contributed by atoms with E-state index < -0.39 is 0 Å². The third-order valence-electron chi connectivity index (χ3n) is 3.29. The molecule has 0 unspecified atom stereocenters. The van der Waals surface area contributed by atoms with Gasteiger partial charge in [-0.3, -0.25) is 4.79 Å². The molecule has 0 aromatic heterocycles. The summed E-state index contributed by atoms with van der Waals surface area (Å²) in [7, 11) is 0. The summed E-state index contributed by atoms with van der Waals surface area (Å²) in [5, 5.41) is 2.83. The molecule has 3 N–H and O–H groups in total. The minimum atomic E-state index is -0.0659. The van der Waals surface area contributed by atoms with Crippen LogP contribution in [0.3, 0.4) is 0 Å². The molecule has 3 nitrogen and oxygen atoms in total. The highest BCUT2D eigenvalue weighted by molar-refractivity contribution is 7.99. The molecule has 4 heteroatoms. The highest BCUT2D eigenvalue weighted by Crippen LogP contribution is 2.33. The lowest BCUT2D eigenvalue weighted by Gasteiger charge is -2.11. The van der Waals surface area contributed by atoms with Gasteiger partial charge in [0.25, 0.3) is 5.91 Å². The first-order valence-corrected chi connectivity index (χ1v) is 7.75. The van der Waals surface area contributed by atoms with Crippen LogP contribution in [0.4, 0.5) is 5.69 Å². The lowest BCUT2D eigenvalue weighted by Crippen LogP contribution is -2.23. The van der Waals surface area contributed by atoms with Crippen LogP contribution in [-0.4, -0.2) is 12.5 Å². The summed E-state index contributed by atoms with van der Waals surface area (Å²) in [5.41, 5.74) is 9.69. The van der Waals surface area contributed by atoms with Crippen molar-refractivity contribution in [2.24, 2.45) is 0 Å². The van der Waals surface area contributed by atoms with E-state index in [4.69, 9.17) is 5.73 Å². The fourth-order valence-corrected chi connectivity index (χ4v) is 3.06. The maximum absolute atomic E-state index is 12.1. The molecule has 0 saturated heterocycles. The zero-order valence-corrected chi connectivity index (χ0v) is 13.4. The van der Waals surface area contributed by atoms with Gasteiger partial charge in [-0.2, -0.15) is 0 Å². The van der Waals surface area contributed by atoms with Crippen molar-refractivity contribution in [1.82, 2.24) is 5.32 Å². The maximum atomic E-state index is 12.1. The van der Waals surface area contributed by atoms with Crippen LogP contribution in [0.1, 0.15) is 28.4 Å². The van der Waals surface area contributed by atoms with Gasteiger partial charge in [-0.05, 0) is 62.2 Å². The number of carbonyl (C=O) groups is 1. The van der Waals surface area contributed by atoms with E-state index in [1.807, 2.05) is 13.0 Å². The van der Waals surface area contributed by atoms with Crippen molar-refractivity contribution >= 4 is 23.4 Å². The van der Waals surface area contributed by atoms with Crippen LogP contribution in [0.2, 0.25) is 0 Å². The molecule has 2 aromatic carbocycles. The van der Waals surface area contributed by atoms with Crippen LogP contribution in [-0.2, 0) is 0 Å². The van der Waals surface area contributed by atoms with Crippen molar-refractivity contribution in [3.8, 4) is 0 Å². The molecule has 21 heavy (non-hydrogen) atoms. The van der Waals surface area contributed by atoms with Gasteiger partial charge in [-0.15, -0.1) is 0 Å². The summed E-state index contributed by atoms with van der Waals surface area (Å²) < 4.78 is 0. The van der Waals surface area contributed by atoms with E-state index in [0.717, 1.165) is 9.79 Å². The largest absolute Gasteiger partial charge is 0.399 e. The molecule has 0 atom stereocenters. The Bertz CT molecular complexity index is 668. The lowest BCUT2D eigenvalue weighted by atomic mass is 10.1. The maximum Gasteiger partial charge on any atom is 0.252 e. The first kappa shape index (κ1) is 15.4. The standard InChI is InChI=1S/C17H20N2OS/c1-4-19-17(20)15-8-6-13(18)10-16(15)21-14-7-5-11(2)12(3)9-14/h5-10H,4,18H2,1-3H3,(H,19,20). The zero-order chi connectivity index (χ0) is 15.4. The lowest BCUT2D eigenvalue weighted by molar-refractivity contribution is 0.0953. The summed E-state index contributed by atoms with van der Waals surface area (Å²) in [6, 6.07) is 11.7. The van der Waals surface area contributed by atoms with E-state index in [0.29, 0.717) is 17.8 Å². The van der Waals surface area contributed by atoms with Gasteiger partial charge in [0.05, 0.1) is 5.56 Å². The number of benzene rings is 2. The predicted molar refractivity (Wildman–Crippen MR) is 88.9 cm³/mol. The molecule has 0 saturated carbocycles. The predicted octanol–water partition coefficient (Wildman–Crippen LogP) is 3.79. The smallest absolute Gasteiger partial charge is 0.252 e. The Hall–Kier alpha value is -1.94. The number of hydrogen-bond donors (Lipinski definition) is 2. The Kier molecular flexibility index (Phi) is 4.91. The van der Waals surface area contributed by atoms with E-state index >= 15 is 0 Å². The summed E-state index contributed by atoms with van der Waals surface area (Å²) in [6.07, 6.45) is 0. The van der Waals surface area contributed by atoms with Gasteiger partial charge in [-0.25, -0.2) is 0 Å². The first-order chi connectivity index (χ1) is 10.0. The van der Waals surface area contributed by atoms with E-state index in [1.165, 1.54) is 11.1 Å². The van der Waals surface area contributed by atoms with Gasteiger partial charge < -0.3 is 11.1 Å². The monoisotopic (exact) mass is 300 g/mol. The number of anilines is 1. The molecule has 2 aromatic rings. The summed E-state index contributed by atoms with van der Waals surface area (Å²) in [6.45, 7) is 6.69. The summed E-state index contributed by atoms with van der Waals surface area (Å²) in [4.78, 5) is 14.1. The molecule has 0 radical (unpaired) electrons. The number of aryl methyl sites for hydroxylation is 2. The fraction of sp³-hybridized carbons (Fsp3) is 0.235. The molecule has 2 rings (SSSR count). The third kappa shape index (κ3) is 3.79. The van der Waals surface area contributed by atoms with Gasteiger partial charge in [-0.1, -0.05) is 17.8 Å². The number of nitrogen functional groups attached to an aromatic ring is 1. The topological polar surface area (TPSA) is 55.1 Å². The van der Waals surface area contributed by atoms with E-state index in [9.17, 15) is 4.79 Å². The molecule has 0 aliphatic rings. The van der Waals surface area contributed by atoms with E-state index in [1.54, 1.807) is 23.9 Å². The van der Waals surface area contributed by atoms with Crippen molar-refractivity contribution in [3.63, 3.8) is 0 Å². The highest BCUT2D eigenvalue weighted by Gasteiger charge is 2.12. The van der Waals surface area contributed by atoms with Gasteiger partial charge in [0.1, 0.15) is 0 Å². The first-order valence-electron chi connectivity index (χ1n) is 6.94. The molecule has 0 spiro atoms. The van der Waals surface area contributed by atoms with Crippen LogP contribution < -0.4 is 11.1 Å². The zero-order valence-electron chi connectivity index (χ0n) is 12.6. The van der Waals surface area contributed by atoms with Crippen LogP contribution >= 0.6 is 11.8 Å². The Balaban J connectivity index is 2.35. The highest BCUT2D eigenvalue weighted by atomic mass is 32.2. The van der Waals surface area contributed by atoms with Crippen LogP contribution in [0.15, 0.2) is 46.2 Å². The molecule has 1 amide bonds. The summed E-state index contributed by atoms with van der Waals surface area (Å²) >= 11 is 1.56. The number of nitrogens with two attached hydrogens (primary N) is 1. The number of nitrogens with one attached hydrogen (secondary N) is 1. The molecule has 110 valence electrons. The van der Waals surface area contributed by atoms with E-state index in [2.05, 4.69) is 37.4 Å². The van der Waals surface area contributed by atoms with Crippen molar-refractivity contribution < 1.29 is 4.79 Å². The average Bonchev–Trinajstić information content (AvgIpc) is 2.43. The van der Waals surface area contributed by atoms with Crippen LogP contribution in [0.5, 0.6) is 0 Å². The van der Waals surface area contributed by atoms with Crippen molar-refractivity contribution in [2.75, 3.05) is 12.3 Å². The molecule has 0 aliphatic carbocycles. The van der Waals surface area contributed by atoms with Crippen LogP contribution in [0.25, 0.3) is 0 Å². The van der Waals surface area contributed by atoms with E-state index in [-0.39, 0.29) is 5.91 Å². The van der Waals surface area contributed by atoms with Gasteiger partial charge >= 0.3 is 0 Å². The Morgan fingerprint density at radius 1 is 1.14 bits per heavy atom. The average molecular weight is 300 g/mol. The van der Waals surface area contributed by atoms with Crippen molar-refractivity contribution in [1.29, 1.82) is 0 Å². The van der Waals surface area contributed by atoms with Crippen molar-refractivity contribution in [3.05, 3.63) is 53.1 Å². The second-order valence-corrected chi connectivity index (χ2v) is 6.08. The summed E-state index contributed by atoms with van der Waals surface area (Å²) in [5.74, 6) is -0.0659. The number of carbonyl (C=O) groups excluding carboxylic acids is 1. The van der Waals surface area contributed by atoms with Gasteiger partial charge in [0.2, 0.25) is 0 Å².